The fraction of sp³-hybridized carbons (Fsp3) is 0.448. The van der Waals surface area contributed by atoms with Gasteiger partial charge in [0.25, 0.3) is 0 Å². The molecule has 0 saturated carbocycles. The Morgan fingerprint density at radius 1 is 1.07 bits per heavy atom. The molecule has 3 rings (SSSR count). The van der Waals surface area contributed by atoms with Gasteiger partial charge in [0.2, 0.25) is 11.8 Å². The minimum atomic E-state index is -3.68. The molecule has 12 heteroatoms. The molecule has 4 atom stereocenters. The van der Waals surface area contributed by atoms with Crippen LogP contribution >= 0.6 is 11.6 Å². The van der Waals surface area contributed by atoms with Crippen LogP contribution in [0.15, 0.2) is 54.6 Å². The van der Waals surface area contributed by atoms with Crippen molar-refractivity contribution in [1.29, 1.82) is 0 Å². The molecule has 1 aliphatic rings. The van der Waals surface area contributed by atoms with E-state index in [0.29, 0.717) is 13.0 Å². The molecule has 3 N–H and O–H groups in total. The topological polar surface area (TPSA) is 123 Å². The number of benzene rings is 2. The molecule has 2 aromatic rings. The van der Waals surface area contributed by atoms with E-state index in [-0.39, 0.29) is 35.3 Å². The van der Waals surface area contributed by atoms with E-state index in [4.69, 9.17) is 21.1 Å². The average molecular weight is 594 g/mol. The highest BCUT2D eigenvalue weighted by Crippen LogP contribution is 2.43. The summed E-state index contributed by atoms with van der Waals surface area (Å²) in [4.78, 5) is 50.7. The summed E-state index contributed by atoms with van der Waals surface area (Å²) in [5.74, 6) is -6.03. The Hall–Kier alpha value is -3.73. The molecule has 1 saturated heterocycles. The van der Waals surface area contributed by atoms with Crippen LogP contribution in [0.3, 0.4) is 0 Å². The average Bonchev–Trinajstić information content (AvgIpc) is 3.34. The summed E-state index contributed by atoms with van der Waals surface area (Å²) in [6.45, 7) is 4.05. The molecule has 41 heavy (non-hydrogen) atoms. The number of hydrogen-bond acceptors (Lipinski definition) is 6. The monoisotopic (exact) mass is 593 g/mol. The molecule has 0 radical (unpaired) electrons. The third-order valence-electron chi connectivity index (χ3n) is 6.67. The zero-order valence-electron chi connectivity index (χ0n) is 23.0. The highest BCUT2D eigenvalue weighted by atomic mass is 35.5. The third-order valence-corrected chi connectivity index (χ3v) is 6.90. The first-order chi connectivity index (χ1) is 19.4. The predicted molar refractivity (Wildman–Crippen MR) is 147 cm³/mol. The summed E-state index contributed by atoms with van der Waals surface area (Å²) >= 11 is 5.94. The molecular weight excluding hydrogens is 560 g/mol. The van der Waals surface area contributed by atoms with Crippen molar-refractivity contribution < 1.29 is 37.4 Å². The van der Waals surface area contributed by atoms with Gasteiger partial charge in [-0.3, -0.25) is 9.59 Å². The number of alkyl carbamates (subject to hydrolysis) is 1. The summed E-state index contributed by atoms with van der Waals surface area (Å²) in [5.41, 5.74) is -0.432. The smallest absolute Gasteiger partial charge is 0.408 e. The Kier molecular flexibility index (Phi) is 11.0. The summed E-state index contributed by atoms with van der Waals surface area (Å²) in [7, 11) is 1.15. The van der Waals surface area contributed by atoms with Gasteiger partial charge < -0.3 is 25.4 Å². The van der Waals surface area contributed by atoms with Gasteiger partial charge in [-0.2, -0.15) is 8.78 Å². The van der Waals surface area contributed by atoms with Crippen molar-refractivity contribution in [3.8, 4) is 0 Å². The minimum Gasteiger partial charge on any atom is -0.467 e. The number of amides is 3. The molecule has 1 unspecified atom stereocenters. The normalized spacial score (nSPS) is 17.2. The van der Waals surface area contributed by atoms with E-state index in [9.17, 15) is 19.2 Å². The van der Waals surface area contributed by atoms with Gasteiger partial charge in [0.1, 0.15) is 12.1 Å². The van der Waals surface area contributed by atoms with Crippen LogP contribution in [-0.4, -0.2) is 49.6 Å². The highest BCUT2D eigenvalue weighted by molar-refractivity contribution is 6.30. The largest absolute Gasteiger partial charge is 0.467 e. The second kappa shape index (κ2) is 14.2. The SMILES string of the molecule is COC(=O)[C@H](C[C@@H]1CCNC1=O)NC(=O)[C@H](CC(C)C)NC(=O)OC(c1ccccc1)C(F)(F)c1cccc(Cl)c1. The number of esters is 1. The van der Waals surface area contributed by atoms with Crippen LogP contribution in [0.4, 0.5) is 13.6 Å². The molecule has 1 fully saturated rings. The van der Waals surface area contributed by atoms with E-state index in [1.165, 1.54) is 42.5 Å². The number of rotatable bonds is 12. The standard InChI is InChI=1S/C29H34ClF2N3O6/c1-17(2)14-22(26(37)34-23(27(38)40-3)15-19-12-13-33-25(19)36)35-28(39)41-24(18-8-5-4-6-9-18)29(31,32)20-10-7-11-21(30)16-20/h4-11,16-17,19,22-24H,12-15H2,1-3H3,(H,33,36)(H,34,37)(H,35,39)/t19-,22-,23-,24?/m0/s1. The molecular formula is C29H34ClF2N3O6. The Morgan fingerprint density at radius 3 is 2.37 bits per heavy atom. The number of halogens is 3. The lowest BCUT2D eigenvalue weighted by atomic mass is 9.97. The molecule has 0 aliphatic carbocycles. The van der Waals surface area contributed by atoms with E-state index in [0.717, 1.165) is 13.2 Å². The molecule has 1 heterocycles. The Bertz CT molecular complexity index is 1230. The maximum Gasteiger partial charge on any atom is 0.408 e. The van der Waals surface area contributed by atoms with E-state index in [1.54, 1.807) is 19.9 Å². The van der Waals surface area contributed by atoms with E-state index < -0.39 is 53.6 Å². The number of nitrogens with one attached hydrogen (secondary N) is 3. The number of ether oxygens (including phenoxy) is 2. The molecule has 1 aliphatic heterocycles. The summed E-state index contributed by atoms with van der Waals surface area (Å²) in [6, 6.07) is 10.2. The fourth-order valence-corrected chi connectivity index (χ4v) is 4.79. The van der Waals surface area contributed by atoms with Gasteiger partial charge in [-0.15, -0.1) is 0 Å². The van der Waals surface area contributed by atoms with Crippen LogP contribution in [0.1, 0.15) is 50.3 Å². The van der Waals surface area contributed by atoms with Crippen molar-refractivity contribution in [2.75, 3.05) is 13.7 Å². The van der Waals surface area contributed by atoms with Crippen molar-refractivity contribution in [3.63, 3.8) is 0 Å². The Balaban J connectivity index is 1.81. The highest BCUT2D eigenvalue weighted by Gasteiger charge is 2.46. The molecule has 2 aromatic carbocycles. The molecule has 0 spiro atoms. The van der Waals surface area contributed by atoms with E-state index >= 15 is 8.78 Å². The van der Waals surface area contributed by atoms with E-state index in [1.807, 2.05) is 0 Å². The van der Waals surface area contributed by atoms with Crippen molar-refractivity contribution in [2.24, 2.45) is 11.8 Å². The first kappa shape index (κ1) is 31.8. The molecule has 9 nitrogen and oxygen atoms in total. The van der Waals surface area contributed by atoms with Gasteiger partial charge in [0.15, 0.2) is 6.10 Å². The van der Waals surface area contributed by atoms with Gasteiger partial charge in [-0.25, -0.2) is 9.59 Å². The molecule has 222 valence electrons. The van der Waals surface area contributed by atoms with Crippen LogP contribution in [0.2, 0.25) is 5.02 Å². The second-order valence-electron chi connectivity index (χ2n) is 10.3. The summed E-state index contributed by atoms with van der Waals surface area (Å²) in [5, 5.41) is 7.69. The Morgan fingerprint density at radius 2 is 1.78 bits per heavy atom. The fourth-order valence-electron chi connectivity index (χ4n) is 4.60. The first-order valence-corrected chi connectivity index (χ1v) is 13.6. The van der Waals surface area contributed by atoms with Crippen molar-refractivity contribution in [2.45, 2.75) is 57.2 Å². The number of methoxy groups -OCH3 is 1. The molecule has 0 bridgehead atoms. The first-order valence-electron chi connectivity index (χ1n) is 13.2. The number of hydrogen-bond donors (Lipinski definition) is 3. The van der Waals surface area contributed by atoms with Crippen LogP contribution < -0.4 is 16.0 Å². The lowest BCUT2D eigenvalue weighted by Gasteiger charge is -2.29. The number of alkyl halides is 2. The second-order valence-corrected chi connectivity index (χ2v) is 10.7. The molecule has 3 amide bonds. The van der Waals surface area contributed by atoms with Crippen molar-refractivity contribution >= 4 is 35.5 Å². The van der Waals surface area contributed by atoms with Crippen molar-refractivity contribution in [1.82, 2.24) is 16.0 Å². The zero-order valence-corrected chi connectivity index (χ0v) is 23.8. The minimum absolute atomic E-state index is 0.00499. The van der Waals surface area contributed by atoms with Crippen LogP contribution in [0.5, 0.6) is 0 Å². The maximum atomic E-state index is 15.8. The predicted octanol–water partition coefficient (Wildman–Crippen LogP) is 4.50. The van der Waals surface area contributed by atoms with Crippen LogP contribution in [-0.2, 0) is 29.8 Å². The Labute approximate surface area is 242 Å². The van der Waals surface area contributed by atoms with Gasteiger partial charge in [-0.1, -0.05) is 67.9 Å². The summed E-state index contributed by atoms with van der Waals surface area (Å²) < 4.78 is 41.6. The van der Waals surface area contributed by atoms with Gasteiger partial charge in [0, 0.05) is 23.0 Å². The van der Waals surface area contributed by atoms with Crippen LogP contribution in [0, 0.1) is 11.8 Å². The van der Waals surface area contributed by atoms with Gasteiger partial charge >= 0.3 is 18.0 Å². The lowest BCUT2D eigenvalue weighted by molar-refractivity contribution is -0.146. The quantitative estimate of drug-likeness (QED) is 0.312. The molecule has 0 aromatic heterocycles. The number of carbonyl (C=O) groups excluding carboxylic acids is 4. The third kappa shape index (κ3) is 8.63. The lowest BCUT2D eigenvalue weighted by Crippen LogP contribution is -2.53. The van der Waals surface area contributed by atoms with Gasteiger partial charge in [0.05, 0.1) is 7.11 Å². The zero-order chi connectivity index (χ0) is 30.2. The van der Waals surface area contributed by atoms with Crippen molar-refractivity contribution in [3.05, 3.63) is 70.7 Å². The maximum absolute atomic E-state index is 15.8. The van der Waals surface area contributed by atoms with Gasteiger partial charge in [-0.05, 0) is 42.9 Å². The van der Waals surface area contributed by atoms with E-state index in [2.05, 4.69) is 16.0 Å². The number of carbonyl (C=O) groups is 4. The summed E-state index contributed by atoms with van der Waals surface area (Å²) in [6.07, 6.45) is -2.70. The van der Waals surface area contributed by atoms with Crippen LogP contribution in [0.25, 0.3) is 0 Å².